The second-order valence-corrected chi connectivity index (χ2v) is 6.61. The zero-order valence-electron chi connectivity index (χ0n) is 10.6. The number of thioether (sulfide) groups is 1. The molecule has 1 aliphatic rings. The van der Waals surface area contributed by atoms with Crippen LogP contribution < -0.4 is 0 Å². The zero-order chi connectivity index (χ0) is 14.5. The summed E-state index contributed by atoms with van der Waals surface area (Å²) < 4.78 is 1.41. The molecule has 0 unspecified atom stereocenters. The van der Waals surface area contributed by atoms with E-state index < -0.39 is 0 Å². The Kier molecular flexibility index (Phi) is 5.34. The Morgan fingerprint density at radius 1 is 1.40 bits per heavy atom. The quantitative estimate of drug-likeness (QED) is 0.449. The van der Waals surface area contributed by atoms with Crippen LogP contribution in [0.25, 0.3) is 6.08 Å². The molecule has 1 aromatic carbocycles. The molecule has 0 aliphatic carbocycles. The lowest BCUT2D eigenvalue weighted by Crippen LogP contribution is -2.27. The van der Waals surface area contributed by atoms with E-state index in [9.17, 15) is 4.79 Å². The Balaban J connectivity index is 2.19. The van der Waals surface area contributed by atoms with Gasteiger partial charge in [-0.1, -0.05) is 76.3 Å². The van der Waals surface area contributed by atoms with Gasteiger partial charge in [0.2, 0.25) is 0 Å². The molecule has 2 rings (SSSR count). The number of hydrogen-bond donors (Lipinski definition) is 0. The Morgan fingerprint density at radius 2 is 2.10 bits per heavy atom. The highest BCUT2D eigenvalue weighted by atomic mass is 79.9. The van der Waals surface area contributed by atoms with E-state index in [1.807, 2.05) is 36.4 Å². The molecule has 0 atom stereocenters. The Labute approximate surface area is 136 Å². The maximum absolute atomic E-state index is 12.1. The van der Waals surface area contributed by atoms with Gasteiger partial charge in [0.05, 0.1) is 4.91 Å². The van der Waals surface area contributed by atoms with Gasteiger partial charge in [-0.25, -0.2) is 0 Å². The minimum Gasteiger partial charge on any atom is -0.289 e. The summed E-state index contributed by atoms with van der Waals surface area (Å²) in [6, 6.07) is 9.90. The summed E-state index contributed by atoms with van der Waals surface area (Å²) in [7, 11) is 0. The first-order chi connectivity index (χ1) is 9.61. The van der Waals surface area contributed by atoms with Gasteiger partial charge in [-0.15, -0.1) is 6.58 Å². The van der Waals surface area contributed by atoms with E-state index in [-0.39, 0.29) is 5.91 Å². The fraction of sp³-hybridized carbons (Fsp3) is 0.0667. The fourth-order valence-corrected chi connectivity index (χ4v) is 3.57. The molecule has 20 heavy (non-hydrogen) atoms. The molecule has 0 radical (unpaired) electrons. The van der Waals surface area contributed by atoms with Gasteiger partial charge in [0.15, 0.2) is 0 Å². The first-order valence-electron chi connectivity index (χ1n) is 5.90. The van der Waals surface area contributed by atoms with E-state index in [4.69, 9.17) is 12.2 Å². The van der Waals surface area contributed by atoms with Gasteiger partial charge < -0.3 is 0 Å². The van der Waals surface area contributed by atoms with Crippen molar-refractivity contribution in [2.45, 2.75) is 0 Å². The third kappa shape index (κ3) is 3.69. The average molecular weight is 366 g/mol. The predicted molar refractivity (Wildman–Crippen MR) is 93.5 cm³/mol. The minimum absolute atomic E-state index is 0.0710. The molecule has 0 N–H and O–H groups in total. The number of carbonyl (C=O) groups is 1. The first kappa shape index (κ1) is 15.2. The van der Waals surface area contributed by atoms with Crippen molar-refractivity contribution in [3.05, 3.63) is 64.0 Å². The molecule has 2 nitrogen and oxygen atoms in total. The molecule has 0 aromatic heterocycles. The van der Waals surface area contributed by atoms with Crippen LogP contribution >= 0.6 is 39.9 Å². The van der Waals surface area contributed by atoms with Crippen molar-refractivity contribution < 1.29 is 4.79 Å². The Hall–Kier alpha value is -1.17. The maximum atomic E-state index is 12.1. The number of carbonyl (C=O) groups excluding carboxylic acids is 1. The van der Waals surface area contributed by atoms with Crippen molar-refractivity contribution >= 4 is 56.2 Å². The normalized spacial score (nSPS) is 17.9. The second-order valence-electron chi connectivity index (χ2n) is 4.02. The molecule has 0 spiro atoms. The van der Waals surface area contributed by atoms with Gasteiger partial charge in [0.1, 0.15) is 4.32 Å². The van der Waals surface area contributed by atoms with Gasteiger partial charge in [0.25, 0.3) is 5.91 Å². The number of rotatable bonds is 4. The van der Waals surface area contributed by atoms with Crippen molar-refractivity contribution in [2.24, 2.45) is 0 Å². The zero-order valence-corrected chi connectivity index (χ0v) is 13.8. The minimum atomic E-state index is -0.0710. The third-order valence-electron chi connectivity index (χ3n) is 2.56. The van der Waals surface area contributed by atoms with Gasteiger partial charge in [-0.3, -0.25) is 9.69 Å². The third-order valence-corrected chi connectivity index (χ3v) is 4.39. The second kappa shape index (κ2) is 7.02. The highest BCUT2D eigenvalue weighted by molar-refractivity contribution is 9.12. The monoisotopic (exact) mass is 365 g/mol. The van der Waals surface area contributed by atoms with E-state index in [2.05, 4.69) is 22.5 Å². The summed E-state index contributed by atoms with van der Waals surface area (Å²) in [6.07, 6.45) is 5.43. The first-order valence-corrected chi connectivity index (χ1v) is 7.92. The van der Waals surface area contributed by atoms with Crippen LogP contribution in [0.15, 0.2) is 58.5 Å². The summed E-state index contributed by atoms with van der Waals surface area (Å²) in [5.41, 5.74) is 1.07. The van der Waals surface area contributed by atoms with Crippen LogP contribution in [-0.2, 0) is 4.79 Å². The highest BCUT2D eigenvalue weighted by Crippen LogP contribution is 2.32. The van der Waals surface area contributed by atoms with E-state index in [0.717, 1.165) is 10.0 Å². The van der Waals surface area contributed by atoms with Gasteiger partial charge in [-0.2, -0.15) is 0 Å². The Bertz CT molecular complexity index is 608. The van der Waals surface area contributed by atoms with Crippen LogP contribution in [0.5, 0.6) is 0 Å². The van der Waals surface area contributed by atoms with E-state index >= 15 is 0 Å². The number of nitrogens with zero attached hydrogens (tertiary/aromatic N) is 1. The molecule has 5 heteroatoms. The topological polar surface area (TPSA) is 20.3 Å². The van der Waals surface area contributed by atoms with Crippen LogP contribution in [0.3, 0.4) is 0 Å². The molecular weight excluding hydrogens is 354 g/mol. The highest BCUT2D eigenvalue weighted by Gasteiger charge is 2.30. The molecule has 0 saturated carbocycles. The smallest absolute Gasteiger partial charge is 0.266 e. The molecule has 1 amide bonds. The Morgan fingerprint density at radius 3 is 2.75 bits per heavy atom. The largest absolute Gasteiger partial charge is 0.289 e. The fourth-order valence-electron chi connectivity index (χ4n) is 1.66. The number of amides is 1. The standard InChI is InChI=1S/C15H12BrNOS2/c1-2-8-17-14(18)13(20-15(17)19)10-12(16)9-11-6-4-3-5-7-11/h2-7,9-10H,1,8H2/b12-9-,13-10+. The van der Waals surface area contributed by atoms with E-state index in [1.54, 1.807) is 17.1 Å². The lowest BCUT2D eigenvalue weighted by atomic mass is 10.2. The molecule has 1 aliphatic heterocycles. The SMILES string of the molecule is C=CCN1C(=O)/C(=C\C(Br)=C\c2ccccc2)SC1=S. The average Bonchev–Trinajstić information content (AvgIpc) is 2.68. The van der Waals surface area contributed by atoms with Gasteiger partial charge in [-0.05, 0) is 17.7 Å². The molecule has 102 valence electrons. The lowest BCUT2D eigenvalue weighted by Gasteiger charge is -2.10. The van der Waals surface area contributed by atoms with E-state index in [1.165, 1.54) is 11.8 Å². The van der Waals surface area contributed by atoms with E-state index in [0.29, 0.717) is 15.8 Å². The molecule has 1 aromatic rings. The summed E-state index contributed by atoms with van der Waals surface area (Å²) in [4.78, 5) is 14.3. The molecule has 1 heterocycles. The van der Waals surface area contributed by atoms with Crippen LogP contribution in [0.1, 0.15) is 5.56 Å². The lowest BCUT2D eigenvalue weighted by molar-refractivity contribution is -0.121. The van der Waals surface area contributed by atoms with Crippen molar-refractivity contribution in [1.82, 2.24) is 4.90 Å². The molecule has 1 saturated heterocycles. The number of halogens is 1. The van der Waals surface area contributed by atoms with Crippen molar-refractivity contribution in [1.29, 1.82) is 0 Å². The summed E-state index contributed by atoms with van der Waals surface area (Å²) in [5, 5.41) is 0. The summed E-state index contributed by atoms with van der Waals surface area (Å²) in [6.45, 7) is 4.08. The van der Waals surface area contributed by atoms with Crippen molar-refractivity contribution in [3.63, 3.8) is 0 Å². The number of thiocarbonyl (C=S) groups is 1. The number of benzene rings is 1. The van der Waals surface area contributed by atoms with Gasteiger partial charge >= 0.3 is 0 Å². The van der Waals surface area contributed by atoms with Crippen molar-refractivity contribution in [3.8, 4) is 0 Å². The molecule has 0 bridgehead atoms. The van der Waals surface area contributed by atoms with Crippen LogP contribution in [0, 0.1) is 0 Å². The van der Waals surface area contributed by atoms with Crippen molar-refractivity contribution in [2.75, 3.05) is 6.54 Å². The van der Waals surface area contributed by atoms with Crippen LogP contribution in [0.4, 0.5) is 0 Å². The van der Waals surface area contributed by atoms with Crippen LogP contribution in [0.2, 0.25) is 0 Å². The molecular formula is C15H12BrNOS2. The van der Waals surface area contributed by atoms with Crippen LogP contribution in [-0.4, -0.2) is 21.7 Å². The number of allylic oxidation sites excluding steroid dienone is 2. The maximum Gasteiger partial charge on any atom is 0.266 e. The summed E-state index contributed by atoms with van der Waals surface area (Å²) in [5.74, 6) is -0.0710. The molecule has 1 fully saturated rings. The predicted octanol–water partition coefficient (Wildman–Crippen LogP) is 4.35. The van der Waals surface area contributed by atoms with Gasteiger partial charge in [0, 0.05) is 11.0 Å². The summed E-state index contributed by atoms with van der Waals surface area (Å²) >= 11 is 9.97. The number of hydrogen-bond acceptors (Lipinski definition) is 3.